The van der Waals surface area contributed by atoms with Crippen molar-refractivity contribution < 1.29 is 4.74 Å². The van der Waals surface area contributed by atoms with Crippen LogP contribution in [0.4, 0.5) is 0 Å². The number of hydrogen-bond donors (Lipinski definition) is 1. The molecule has 0 heterocycles. The van der Waals surface area contributed by atoms with E-state index in [0.717, 1.165) is 19.4 Å². The van der Waals surface area contributed by atoms with Crippen molar-refractivity contribution in [1.82, 2.24) is 4.90 Å². The molecule has 2 unspecified atom stereocenters. The number of methoxy groups -OCH3 is 1. The van der Waals surface area contributed by atoms with Crippen LogP contribution in [-0.2, 0) is 11.2 Å². The number of hydrogen-bond acceptors (Lipinski definition) is 3. The van der Waals surface area contributed by atoms with Crippen molar-refractivity contribution in [3.63, 3.8) is 0 Å². The summed E-state index contributed by atoms with van der Waals surface area (Å²) in [6.07, 6.45) is 2.16. The molecular formula is C15H26N2O. The molecule has 0 saturated carbocycles. The lowest BCUT2D eigenvalue weighted by atomic mass is 10.0. The van der Waals surface area contributed by atoms with Gasteiger partial charge in [-0.1, -0.05) is 30.3 Å². The van der Waals surface area contributed by atoms with Crippen LogP contribution >= 0.6 is 0 Å². The molecular weight excluding hydrogens is 224 g/mol. The van der Waals surface area contributed by atoms with E-state index in [0.29, 0.717) is 18.6 Å². The van der Waals surface area contributed by atoms with E-state index in [1.54, 1.807) is 7.11 Å². The quantitative estimate of drug-likeness (QED) is 0.766. The third-order valence-corrected chi connectivity index (χ3v) is 3.56. The second-order valence-corrected chi connectivity index (χ2v) is 4.88. The third kappa shape index (κ3) is 4.77. The highest BCUT2D eigenvalue weighted by Crippen LogP contribution is 2.11. The molecule has 1 aromatic rings. The molecule has 0 aliphatic carbocycles. The number of aryl methyl sites for hydroxylation is 1. The van der Waals surface area contributed by atoms with E-state index >= 15 is 0 Å². The maximum atomic E-state index is 5.89. The lowest BCUT2D eigenvalue weighted by Crippen LogP contribution is -2.45. The number of nitrogens with zero attached hydrogens (tertiary/aromatic N) is 1. The van der Waals surface area contributed by atoms with E-state index in [4.69, 9.17) is 10.5 Å². The molecule has 1 rings (SSSR count). The lowest BCUT2D eigenvalue weighted by molar-refractivity contribution is 0.0885. The van der Waals surface area contributed by atoms with Gasteiger partial charge in [0.15, 0.2) is 0 Å². The fourth-order valence-corrected chi connectivity index (χ4v) is 2.18. The van der Waals surface area contributed by atoms with Crippen LogP contribution in [0.15, 0.2) is 30.3 Å². The molecule has 0 bridgehead atoms. The summed E-state index contributed by atoms with van der Waals surface area (Å²) in [6.45, 7) is 3.62. The Hall–Kier alpha value is -0.900. The number of nitrogens with two attached hydrogens (primary N) is 1. The molecule has 0 saturated heterocycles. The van der Waals surface area contributed by atoms with Gasteiger partial charge in [-0.3, -0.25) is 4.90 Å². The maximum absolute atomic E-state index is 5.89. The molecule has 3 heteroatoms. The van der Waals surface area contributed by atoms with E-state index in [1.165, 1.54) is 5.56 Å². The Morgan fingerprint density at radius 3 is 2.50 bits per heavy atom. The Morgan fingerprint density at radius 1 is 1.28 bits per heavy atom. The summed E-state index contributed by atoms with van der Waals surface area (Å²) in [5.41, 5.74) is 7.27. The Bertz CT molecular complexity index is 316. The second-order valence-electron chi connectivity index (χ2n) is 4.88. The molecule has 0 fully saturated rings. The lowest BCUT2D eigenvalue weighted by Gasteiger charge is -2.32. The molecule has 0 amide bonds. The predicted molar refractivity (Wildman–Crippen MR) is 76.7 cm³/mol. The molecule has 2 atom stereocenters. The van der Waals surface area contributed by atoms with Gasteiger partial charge >= 0.3 is 0 Å². The number of likely N-dealkylation sites (N-methyl/N-ethyl adjacent to an activating group) is 1. The summed E-state index contributed by atoms with van der Waals surface area (Å²) in [7, 11) is 3.87. The van der Waals surface area contributed by atoms with Crippen LogP contribution in [0.5, 0.6) is 0 Å². The molecule has 0 spiro atoms. The maximum Gasteiger partial charge on any atom is 0.0615 e. The summed E-state index contributed by atoms with van der Waals surface area (Å²) < 4.78 is 5.20. The fourth-order valence-electron chi connectivity index (χ4n) is 2.18. The van der Waals surface area contributed by atoms with Crippen LogP contribution in [0.3, 0.4) is 0 Å². The van der Waals surface area contributed by atoms with Crippen LogP contribution in [0, 0.1) is 0 Å². The highest BCUT2D eigenvalue weighted by atomic mass is 16.5. The van der Waals surface area contributed by atoms with E-state index < -0.39 is 0 Å². The summed E-state index contributed by atoms with van der Waals surface area (Å²) in [6, 6.07) is 11.4. The highest BCUT2D eigenvalue weighted by Gasteiger charge is 2.18. The molecule has 18 heavy (non-hydrogen) atoms. The first-order chi connectivity index (χ1) is 8.69. The number of rotatable bonds is 8. The van der Waals surface area contributed by atoms with Gasteiger partial charge in [0.1, 0.15) is 0 Å². The van der Waals surface area contributed by atoms with Gasteiger partial charge in [0.05, 0.1) is 6.61 Å². The molecule has 2 N–H and O–H groups in total. The Labute approximate surface area is 111 Å². The van der Waals surface area contributed by atoms with Crippen molar-refractivity contribution in [2.75, 3.05) is 27.3 Å². The minimum Gasteiger partial charge on any atom is -0.383 e. The van der Waals surface area contributed by atoms with Gasteiger partial charge < -0.3 is 10.5 Å². The van der Waals surface area contributed by atoms with Gasteiger partial charge in [-0.25, -0.2) is 0 Å². The second kappa shape index (κ2) is 8.25. The largest absolute Gasteiger partial charge is 0.383 e. The van der Waals surface area contributed by atoms with Crippen LogP contribution in [-0.4, -0.2) is 44.3 Å². The molecule has 102 valence electrons. The standard InChI is InChI=1S/C15H26N2O/c1-13(12-18-3)17(2)15(11-16)10-9-14-7-5-4-6-8-14/h4-8,13,15H,9-12,16H2,1-3H3. The fraction of sp³-hybridized carbons (Fsp3) is 0.600. The highest BCUT2D eigenvalue weighted by molar-refractivity contribution is 5.14. The minimum absolute atomic E-state index is 0.402. The summed E-state index contributed by atoms with van der Waals surface area (Å²) in [4.78, 5) is 2.33. The SMILES string of the molecule is COCC(C)N(C)C(CN)CCc1ccccc1. The van der Waals surface area contributed by atoms with Crippen LogP contribution in [0.25, 0.3) is 0 Å². The Kier molecular flexibility index (Phi) is 6.94. The van der Waals surface area contributed by atoms with Gasteiger partial charge in [-0.05, 0) is 32.4 Å². The zero-order valence-corrected chi connectivity index (χ0v) is 11.8. The first-order valence-corrected chi connectivity index (χ1v) is 6.64. The zero-order chi connectivity index (χ0) is 13.4. The topological polar surface area (TPSA) is 38.5 Å². The molecule has 0 aliphatic heterocycles. The minimum atomic E-state index is 0.402. The normalized spacial score (nSPS) is 14.7. The molecule has 1 aromatic carbocycles. The van der Waals surface area contributed by atoms with Gasteiger partial charge in [0, 0.05) is 25.7 Å². The molecule has 0 radical (unpaired) electrons. The van der Waals surface area contributed by atoms with Gasteiger partial charge in [-0.2, -0.15) is 0 Å². The van der Waals surface area contributed by atoms with Gasteiger partial charge in [0.25, 0.3) is 0 Å². The van der Waals surface area contributed by atoms with Crippen molar-refractivity contribution in [3.8, 4) is 0 Å². The monoisotopic (exact) mass is 250 g/mol. The number of benzene rings is 1. The van der Waals surface area contributed by atoms with E-state index in [1.807, 2.05) is 0 Å². The summed E-state index contributed by atoms with van der Waals surface area (Å²) in [5.74, 6) is 0. The van der Waals surface area contributed by atoms with E-state index in [-0.39, 0.29) is 0 Å². The van der Waals surface area contributed by atoms with E-state index in [9.17, 15) is 0 Å². The van der Waals surface area contributed by atoms with Crippen molar-refractivity contribution in [2.45, 2.75) is 31.8 Å². The Balaban J connectivity index is 2.46. The smallest absolute Gasteiger partial charge is 0.0615 e. The number of ether oxygens (including phenoxy) is 1. The van der Waals surface area contributed by atoms with Crippen molar-refractivity contribution >= 4 is 0 Å². The molecule has 3 nitrogen and oxygen atoms in total. The van der Waals surface area contributed by atoms with Crippen molar-refractivity contribution in [2.24, 2.45) is 5.73 Å². The zero-order valence-electron chi connectivity index (χ0n) is 11.8. The summed E-state index contributed by atoms with van der Waals surface area (Å²) in [5, 5.41) is 0. The predicted octanol–water partition coefficient (Wildman–Crippen LogP) is 1.91. The first kappa shape index (κ1) is 15.2. The van der Waals surface area contributed by atoms with Crippen LogP contribution in [0.1, 0.15) is 18.9 Å². The molecule has 0 aliphatic rings. The third-order valence-electron chi connectivity index (χ3n) is 3.56. The van der Waals surface area contributed by atoms with Gasteiger partial charge in [0.2, 0.25) is 0 Å². The average molecular weight is 250 g/mol. The first-order valence-electron chi connectivity index (χ1n) is 6.64. The summed E-state index contributed by atoms with van der Waals surface area (Å²) >= 11 is 0. The van der Waals surface area contributed by atoms with Crippen molar-refractivity contribution in [1.29, 1.82) is 0 Å². The van der Waals surface area contributed by atoms with Crippen LogP contribution in [0.2, 0.25) is 0 Å². The Morgan fingerprint density at radius 2 is 1.94 bits per heavy atom. The average Bonchev–Trinajstić information content (AvgIpc) is 2.40. The van der Waals surface area contributed by atoms with E-state index in [2.05, 4.69) is 49.2 Å². The van der Waals surface area contributed by atoms with Gasteiger partial charge in [-0.15, -0.1) is 0 Å². The van der Waals surface area contributed by atoms with Crippen molar-refractivity contribution in [3.05, 3.63) is 35.9 Å². The molecule has 0 aromatic heterocycles. The van der Waals surface area contributed by atoms with Crippen LogP contribution < -0.4 is 5.73 Å².